The number of benzene rings is 1. The number of para-hydroxylation sites is 2. The maximum Gasteiger partial charge on any atom is 0.129 e. The number of nitrogens with zero attached hydrogens (tertiary/aromatic N) is 3. The number of fused-ring (bicyclic) bond motifs is 1. The van der Waals surface area contributed by atoms with E-state index in [1.54, 1.807) is 6.20 Å². The molecule has 1 aliphatic heterocycles. The van der Waals surface area contributed by atoms with Gasteiger partial charge in [0.2, 0.25) is 0 Å². The Kier molecular flexibility index (Phi) is 2.44. The molecular formula is C12H13ClN4. The van der Waals surface area contributed by atoms with E-state index >= 15 is 0 Å². The molecule has 88 valence electrons. The average Bonchev–Trinajstić information content (AvgIpc) is 2.71. The van der Waals surface area contributed by atoms with E-state index in [1.807, 2.05) is 28.8 Å². The van der Waals surface area contributed by atoms with E-state index in [0.717, 1.165) is 36.8 Å². The standard InChI is InChI=1S/C12H13ClN4/c13-11-7-15-12-8-16(5-6-17(11)12)10-4-2-1-3-9(10)14/h1-4,7H,5-6,8,14H2. The molecule has 0 unspecified atom stereocenters. The lowest BCUT2D eigenvalue weighted by molar-refractivity contribution is 0.561. The summed E-state index contributed by atoms with van der Waals surface area (Å²) in [5.41, 5.74) is 7.85. The van der Waals surface area contributed by atoms with Crippen molar-refractivity contribution in [2.75, 3.05) is 17.2 Å². The number of imidazole rings is 1. The Morgan fingerprint density at radius 2 is 2.06 bits per heavy atom. The molecule has 2 aromatic rings. The Morgan fingerprint density at radius 1 is 1.24 bits per heavy atom. The van der Waals surface area contributed by atoms with E-state index in [1.165, 1.54) is 0 Å². The van der Waals surface area contributed by atoms with Crippen LogP contribution in [0.5, 0.6) is 0 Å². The SMILES string of the molecule is Nc1ccccc1N1CCn2c(Cl)cnc2C1. The molecule has 1 aliphatic rings. The molecule has 0 atom stereocenters. The number of hydrogen-bond acceptors (Lipinski definition) is 3. The van der Waals surface area contributed by atoms with Crippen molar-refractivity contribution in [3.05, 3.63) is 41.4 Å². The Labute approximate surface area is 105 Å². The number of aromatic nitrogens is 2. The molecule has 0 fully saturated rings. The van der Waals surface area contributed by atoms with E-state index in [0.29, 0.717) is 5.15 Å². The quantitative estimate of drug-likeness (QED) is 0.787. The fourth-order valence-corrected chi connectivity index (χ4v) is 2.43. The first-order chi connectivity index (χ1) is 8.25. The molecule has 0 aliphatic carbocycles. The highest BCUT2D eigenvalue weighted by Gasteiger charge is 2.20. The highest BCUT2D eigenvalue weighted by molar-refractivity contribution is 6.29. The van der Waals surface area contributed by atoms with Crippen LogP contribution in [-0.2, 0) is 13.1 Å². The van der Waals surface area contributed by atoms with Gasteiger partial charge in [-0.3, -0.25) is 0 Å². The first-order valence-electron chi connectivity index (χ1n) is 5.55. The highest BCUT2D eigenvalue weighted by atomic mass is 35.5. The monoisotopic (exact) mass is 248 g/mol. The van der Waals surface area contributed by atoms with Gasteiger partial charge in [0.15, 0.2) is 0 Å². The van der Waals surface area contributed by atoms with Crippen molar-refractivity contribution >= 4 is 23.0 Å². The molecule has 0 spiro atoms. The summed E-state index contributed by atoms with van der Waals surface area (Å²) in [5, 5.41) is 0.709. The van der Waals surface area contributed by atoms with E-state index in [4.69, 9.17) is 17.3 Å². The van der Waals surface area contributed by atoms with Gasteiger partial charge in [0.05, 0.1) is 24.1 Å². The number of anilines is 2. The molecule has 3 rings (SSSR count). The zero-order chi connectivity index (χ0) is 11.8. The van der Waals surface area contributed by atoms with Gasteiger partial charge in [0.25, 0.3) is 0 Å². The first-order valence-corrected chi connectivity index (χ1v) is 5.93. The van der Waals surface area contributed by atoms with E-state index in [-0.39, 0.29) is 0 Å². The largest absolute Gasteiger partial charge is 0.397 e. The molecular weight excluding hydrogens is 236 g/mol. The fraction of sp³-hybridized carbons (Fsp3) is 0.250. The summed E-state index contributed by atoms with van der Waals surface area (Å²) in [6.45, 7) is 2.50. The van der Waals surface area contributed by atoms with E-state index in [9.17, 15) is 0 Å². The Bertz CT molecular complexity index is 549. The van der Waals surface area contributed by atoms with E-state index < -0.39 is 0 Å². The van der Waals surface area contributed by atoms with Gasteiger partial charge in [-0.25, -0.2) is 4.98 Å². The van der Waals surface area contributed by atoms with Gasteiger partial charge in [0.1, 0.15) is 11.0 Å². The molecule has 0 radical (unpaired) electrons. The summed E-state index contributed by atoms with van der Waals surface area (Å²) in [6.07, 6.45) is 1.70. The topological polar surface area (TPSA) is 47.1 Å². The lowest BCUT2D eigenvalue weighted by Gasteiger charge is -2.30. The lowest BCUT2D eigenvalue weighted by atomic mass is 10.2. The number of hydrogen-bond donors (Lipinski definition) is 1. The summed E-state index contributed by atoms with van der Waals surface area (Å²) >= 11 is 6.04. The molecule has 1 aromatic heterocycles. The molecule has 0 amide bonds. The van der Waals surface area contributed by atoms with Gasteiger partial charge in [-0.15, -0.1) is 0 Å². The Balaban J connectivity index is 1.92. The van der Waals surface area contributed by atoms with Gasteiger partial charge < -0.3 is 15.2 Å². The minimum absolute atomic E-state index is 0.709. The third-order valence-electron chi connectivity index (χ3n) is 3.09. The molecule has 2 N–H and O–H groups in total. The summed E-state index contributed by atoms with van der Waals surface area (Å²) in [5.74, 6) is 0.990. The van der Waals surface area contributed by atoms with Gasteiger partial charge in [-0.2, -0.15) is 0 Å². The zero-order valence-corrected chi connectivity index (χ0v) is 10.1. The lowest BCUT2D eigenvalue weighted by Crippen LogP contribution is -2.34. The molecule has 0 saturated carbocycles. The predicted octanol–water partition coefficient (Wildman–Crippen LogP) is 2.14. The second-order valence-corrected chi connectivity index (χ2v) is 4.52. The molecule has 0 bridgehead atoms. The smallest absolute Gasteiger partial charge is 0.129 e. The van der Waals surface area contributed by atoms with E-state index in [2.05, 4.69) is 9.88 Å². The molecule has 4 nitrogen and oxygen atoms in total. The van der Waals surface area contributed by atoms with Gasteiger partial charge >= 0.3 is 0 Å². The third-order valence-corrected chi connectivity index (χ3v) is 3.39. The van der Waals surface area contributed by atoms with Crippen molar-refractivity contribution in [2.45, 2.75) is 13.1 Å². The van der Waals surface area contributed by atoms with Gasteiger partial charge in [-0.1, -0.05) is 23.7 Å². The van der Waals surface area contributed by atoms with Gasteiger partial charge in [-0.05, 0) is 12.1 Å². The number of nitrogen functional groups attached to an aromatic ring is 1. The Morgan fingerprint density at radius 3 is 2.88 bits per heavy atom. The highest BCUT2D eigenvalue weighted by Crippen LogP contribution is 2.27. The van der Waals surface area contributed by atoms with Crippen molar-refractivity contribution in [2.24, 2.45) is 0 Å². The summed E-state index contributed by atoms with van der Waals surface area (Å²) in [7, 11) is 0. The second kappa shape index (κ2) is 3.96. The molecule has 0 saturated heterocycles. The number of nitrogens with two attached hydrogens (primary N) is 1. The average molecular weight is 249 g/mol. The van der Waals surface area contributed by atoms with Crippen LogP contribution >= 0.6 is 11.6 Å². The molecule has 17 heavy (non-hydrogen) atoms. The number of halogens is 1. The van der Waals surface area contributed by atoms with Crippen LogP contribution in [-0.4, -0.2) is 16.1 Å². The van der Waals surface area contributed by atoms with Crippen LogP contribution in [0.15, 0.2) is 30.5 Å². The maximum atomic E-state index is 6.04. The van der Waals surface area contributed by atoms with Crippen LogP contribution in [0.4, 0.5) is 11.4 Å². The normalized spacial score (nSPS) is 14.8. The van der Waals surface area contributed by atoms with Crippen molar-refractivity contribution in [1.29, 1.82) is 0 Å². The van der Waals surface area contributed by atoms with Crippen molar-refractivity contribution in [3.63, 3.8) is 0 Å². The third kappa shape index (κ3) is 1.74. The van der Waals surface area contributed by atoms with Crippen LogP contribution in [0.1, 0.15) is 5.82 Å². The zero-order valence-electron chi connectivity index (χ0n) is 9.31. The molecule has 1 aromatic carbocycles. The van der Waals surface area contributed by atoms with Crippen molar-refractivity contribution in [1.82, 2.24) is 9.55 Å². The van der Waals surface area contributed by atoms with Crippen molar-refractivity contribution in [3.8, 4) is 0 Å². The van der Waals surface area contributed by atoms with Crippen molar-refractivity contribution < 1.29 is 0 Å². The second-order valence-electron chi connectivity index (χ2n) is 4.13. The van der Waals surface area contributed by atoms with Crippen LogP contribution in [0.2, 0.25) is 5.15 Å². The summed E-state index contributed by atoms with van der Waals surface area (Å²) in [4.78, 5) is 6.54. The fourth-order valence-electron chi connectivity index (χ4n) is 2.20. The Hall–Kier alpha value is -1.68. The summed E-state index contributed by atoms with van der Waals surface area (Å²) in [6, 6.07) is 7.90. The summed E-state index contributed by atoms with van der Waals surface area (Å²) < 4.78 is 2.04. The number of rotatable bonds is 1. The molecule has 2 heterocycles. The molecule has 5 heteroatoms. The minimum atomic E-state index is 0.709. The minimum Gasteiger partial charge on any atom is -0.397 e. The maximum absolute atomic E-state index is 6.04. The van der Waals surface area contributed by atoms with Gasteiger partial charge in [0, 0.05) is 13.1 Å². The van der Waals surface area contributed by atoms with Crippen LogP contribution in [0, 0.1) is 0 Å². The first kappa shape index (κ1) is 10.5. The van der Waals surface area contributed by atoms with Crippen LogP contribution < -0.4 is 10.6 Å². The predicted molar refractivity (Wildman–Crippen MR) is 69.1 cm³/mol. The van der Waals surface area contributed by atoms with Crippen LogP contribution in [0.25, 0.3) is 0 Å². The van der Waals surface area contributed by atoms with Crippen LogP contribution in [0.3, 0.4) is 0 Å².